The highest BCUT2D eigenvalue weighted by Crippen LogP contribution is 2.33. The number of aromatic nitrogens is 2. The number of ether oxygens (including phenoxy) is 1. The van der Waals surface area contributed by atoms with Gasteiger partial charge in [0.1, 0.15) is 5.82 Å². The number of hydrogen-bond donors (Lipinski definition) is 1. The van der Waals surface area contributed by atoms with E-state index in [4.69, 9.17) is 10.5 Å². The van der Waals surface area contributed by atoms with Gasteiger partial charge in [-0.15, -0.1) is 0 Å². The molecule has 2 aromatic carbocycles. The first-order valence-electron chi connectivity index (χ1n) is 11.5. The van der Waals surface area contributed by atoms with Crippen molar-refractivity contribution >= 4 is 5.91 Å². The molecule has 1 atom stereocenters. The lowest BCUT2D eigenvalue weighted by molar-refractivity contribution is 0.0708. The second kappa shape index (κ2) is 9.08. The molecule has 2 aliphatic rings. The van der Waals surface area contributed by atoms with Gasteiger partial charge in [0, 0.05) is 49.5 Å². The molecule has 0 radical (unpaired) electrons. The highest BCUT2D eigenvalue weighted by atomic mass is 19.1. The number of carbonyl (C=O) groups excluding carboxylic acids is 1. The second-order valence-corrected chi connectivity index (χ2v) is 9.13. The molecule has 0 saturated heterocycles. The first kappa shape index (κ1) is 21.8. The summed E-state index contributed by atoms with van der Waals surface area (Å²) in [6, 6.07) is 12.2. The fraction of sp³-hybridized carbons (Fsp3) is 0.385. The maximum absolute atomic E-state index is 13.6. The number of hydrogen-bond acceptors (Lipinski definition) is 4. The van der Waals surface area contributed by atoms with Crippen LogP contribution in [0.4, 0.5) is 4.39 Å². The summed E-state index contributed by atoms with van der Waals surface area (Å²) in [6.07, 6.45) is 4.90. The number of carbonyl (C=O) groups is 1. The molecule has 0 spiro atoms. The first-order valence-corrected chi connectivity index (χ1v) is 11.5. The summed E-state index contributed by atoms with van der Waals surface area (Å²) in [5.74, 6) is 0.406. The summed E-state index contributed by atoms with van der Waals surface area (Å²) in [5.41, 5.74) is 11.6. The largest absolute Gasteiger partial charge is 0.376 e. The van der Waals surface area contributed by atoms with E-state index in [0.717, 1.165) is 34.6 Å². The molecule has 1 aliphatic carbocycles. The fourth-order valence-corrected chi connectivity index (χ4v) is 4.62. The Balaban J connectivity index is 1.35. The maximum atomic E-state index is 13.6. The van der Waals surface area contributed by atoms with Crippen LogP contribution < -0.4 is 5.73 Å². The van der Waals surface area contributed by atoms with Crippen molar-refractivity contribution in [3.05, 3.63) is 76.7 Å². The van der Waals surface area contributed by atoms with Crippen LogP contribution in [0.3, 0.4) is 0 Å². The van der Waals surface area contributed by atoms with Gasteiger partial charge in [-0.2, -0.15) is 5.10 Å². The van der Waals surface area contributed by atoms with Crippen LogP contribution >= 0.6 is 0 Å². The van der Waals surface area contributed by atoms with E-state index >= 15 is 0 Å². The van der Waals surface area contributed by atoms with Gasteiger partial charge in [-0.05, 0) is 60.6 Å². The summed E-state index contributed by atoms with van der Waals surface area (Å²) in [4.78, 5) is 15.0. The van der Waals surface area contributed by atoms with Gasteiger partial charge in [-0.1, -0.05) is 18.2 Å². The Bertz CT molecular complexity index is 1170. The molecule has 172 valence electrons. The van der Waals surface area contributed by atoms with E-state index in [-0.39, 0.29) is 17.8 Å². The molecular weight excluding hydrogens is 419 g/mol. The van der Waals surface area contributed by atoms with Gasteiger partial charge in [-0.3, -0.25) is 9.48 Å². The predicted molar refractivity (Wildman–Crippen MR) is 124 cm³/mol. The van der Waals surface area contributed by atoms with Crippen LogP contribution in [0.2, 0.25) is 0 Å². The normalized spacial score (nSPS) is 16.3. The molecule has 1 saturated carbocycles. The molecule has 1 aromatic heterocycles. The smallest absolute Gasteiger partial charge is 0.254 e. The molecule has 1 fully saturated rings. The summed E-state index contributed by atoms with van der Waals surface area (Å²) in [7, 11) is 1.92. The van der Waals surface area contributed by atoms with E-state index in [9.17, 15) is 9.18 Å². The maximum Gasteiger partial charge on any atom is 0.254 e. The number of rotatable bonds is 9. The molecular formula is C26H29FN4O2. The number of amides is 1. The van der Waals surface area contributed by atoms with Crippen molar-refractivity contribution in [2.45, 2.75) is 38.5 Å². The lowest BCUT2D eigenvalue weighted by Gasteiger charge is -2.26. The molecule has 1 unspecified atom stereocenters. The monoisotopic (exact) mass is 448 g/mol. The lowest BCUT2D eigenvalue weighted by atomic mass is 10.0. The third-order valence-corrected chi connectivity index (χ3v) is 6.61. The van der Waals surface area contributed by atoms with E-state index in [2.05, 4.69) is 11.2 Å². The van der Waals surface area contributed by atoms with Gasteiger partial charge in [0.25, 0.3) is 5.91 Å². The van der Waals surface area contributed by atoms with Crippen LogP contribution in [0.1, 0.15) is 39.9 Å². The molecule has 2 heterocycles. The number of benzene rings is 2. The van der Waals surface area contributed by atoms with Crippen LogP contribution in [-0.2, 0) is 31.4 Å². The average Bonchev–Trinajstić information content (AvgIpc) is 3.48. The molecule has 1 aliphatic heterocycles. The second-order valence-electron chi connectivity index (χ2n) is 9.13. The Morgan fingerprint density at radius 2 is 2.09 bits per heavy atom. The van der Waals surface area contributed by atoms with Crippen molar-refractivity contribution in [3.63, 3.8) is 0 Å². The Kier molecular flexibility index (Phi) is 6.00. The first-order chi connectivity index (χ1) is 16.0. The van der Waals surface area contributed by atoms with Crippen LogP contribution in [0.5, 0.6) is 0 Å². The number of nitrogens with zero attached hydrogens (tertiary/aromatic N) is 3. The van der Waals surface area contributed by atoms with Crippen molar-refractivity contribution in [1.82, 2.24) is 14.7 Å². The third kappa shape index (κ3) is 4.56. The van der Waals surface area contributed by atoms with Crippen LogP contribution in [0.15, 0.2) is 48.7 Å². The van der Waals surface area contributed by atoms with Gasteiger partial charge in [0.15, 0.2) is 0 Å². The number of aryl methyl sites for hydroxylation is 1. The Labute approximate surface area is 193 Å². The minimum atomic E-state index is -0.281. The van der Waals surface area contributed by atoms with Gasteiger partial charge in [0.2, 0.25) is 0 Å². The Morgan fingerprint density at radius 1 is 1.24 bits per heavy atom. The Morgan fingerprint density at radius 3 is 2.85 bits per heavy atom. The van der Waals surface area contributed by atoms with Crippen LogP contribution in [-0.4, -0.2) is 39.8 Å². The molecule has 33 heavy (non-hydrogen) atoms. The summed E-state index contributed by atoms with van der Waals surface area (Å²) in [5, 5.41) is 4.44. The zero-order chi connectivity index (χ0) is 22.9. The molecule has 0 bridgehead atoms. The van der Waals surface area contributed by atoms with Crippen molar-refractivity contribution in [3.8, 4) is 11.3 Å². The van der Waals surface area contributed by atoms with Crippen molar-refractivity contribution in [2.24, 2.45) is 18.7 Å². The Hall–Kier alpha value is -3.03. The molecule has 2 N–H and O–H groups in total. The SMILES string of the molecule is Cn1ncc(COCC2CC2)c1-c1ccc2c(c1)CN(C(CN)Cc1cccc(F)c1)C2=O. The fourth-order valence-electron chi connectivity index (χ4n) is 4.62. The third-order valence-electron chi connectivity index (χ3n) is 6.61. The quantitative estimate of drug-likeness (QED) is 0.542. The zero-order valence-corrected chi connectivity index (χ0v) is 18.8. The van der Waals surface area contributed by atoms with Gasteiger partial charge in [-0.25, -0.2) is 4.39 Å². The van der Waals surface area contributed by atoms with E-state index < -0.39 is 0 Å². The molecule has 5 rings (SSSR count). The van der Waals surface area contributed by atoms with E-state index in [1.54, 1.807) is 6.07 Å². The number of halogens is 1. The van der Waals surface area contributed by atoms with E-state index in [0.29, 0.717) is 37.6 Å². The highest BCUT2D eigenvalue weighted by Gasteiger charge is 2.32. The van der Waals surface area contributed by atoms with Crippen LogP contribution in [0.25, 0.3) is 11.3 Å². The van der Waals surface area contributed by atoms with Gasteiger partial charge < -0.3 is 15.4 Å². The lowest BCUT2D eigenvalue weighted by Crippen LogP contribution is -2.42. The van der Waals surface area contributed by atoms with Crippen molar-refractivity contribution < 1.29 is 13.9 Å². The predicted octanol–water partition coefficient (Wildman–Crippen LogP) is 3.68. The van der Waals surface area contributed by atoms with Crippen molar-refractivity contribution in [1.29, 1.82) is 0 Å². The minimum Gasteiger partial charge on any atom is -0.376 e. The summed E-state index contributed by atoms with van der Waals surface area (Å²) < 4.78 is 21.4. The van der Waals surface area contributed by atoms with Crippen molar-refractivity contribution in [2.75, 3.05) is 13.2 Å². The summed E-state index contributed by atoms with van der Waals surface area (Å²) in [6.45, 7) is 2.14. The van der Waals surface area contributed by atoms with Gasteiger partial charge in [0.05, 0.1) is 18.5 Å². The molecule has 6 nitrogen and oxygen atoms in total. The summed E-state index contributed by atoms with van der Waals surface area (Å²) >= 11 is 0. The highest BCUT2D eigenvalue weighted by molar-refractivity contribution is 5.99. The topological polar surface area (TPSA) is 73.4 Å². The number of fused-ring (bicyclic) bond motifs is 1. The molecule has 3 aromatic rings. The number of nitrogens with two attached hydrogens (primary N) is 1. The standard InChI is InChI=1S/C26H29FN4O2/c1-30-25(21(13-29-30)16-33-15-17-5-6-17)19-7-8-24-20(11-19)14-31(26(24)32)23(12-28)10-18-3-2-4-22(27)9-18/h2-4,7-9,11,13,17,23H,5-6,10,12,14-16,28H2,1H3. The average molecular weight is 449 g/mol. The zero-order valence-electron chi connectivity index (χ0n) is 18.8. The van der Waals surface area contributed by atoms with Crippen LogP contribution in [0, 0.1) is 11.7 Å². The minimum absolute atomic E-state index is 0.0265. The molecule has 1 amide bonds. The van der Waals surface area contributed by atoms with E-state index in [1.807, 2.05) is 41.0 Å². The van der Waals surface area contributed by atoms with Gasteiger partial charge >= 0.3 is 0 Å². The molecule has 7 heteroatoms. The van der Waals surface area contributed by atoms with E-state index in [1.165, 1.54) is 25.0 Å².